The Kier molecular flexibility index (Phi) is 8.38. The number of methoxy groups -OCH3 is 1. The van der Waals surface area contributed by atoms with Crippen molar-refractivity contribution in [1.29, 1.82) is 0 Å². The second kappa shape index (κ2) is 11.7. The van der Waals surface area contributed by atoms with E-state index >= 15 is 0 Å². The van der Waals surface area contributed by atoms with Crippen LogP contribution in [0.3, 0.4) is 0 Å². The van der Waals surface area contributed by atoms with Crippen LogP contribution in [0.15, 0.2) is 77.7 Å². The predicted octanol–water partition coefficient (Wildman–Crippen LogP) is 3.38. The van der Waals surface area contributed by atoms with Gasteiger partial charge in [-0.25, -0.2) is 18.0 Å². The van der Waals surface area contributed by atoms with Crippen LogP contribution in [0.4, 0.5) is 0 Å². The van der Waals surface area contributed by atoms with E-state index in [2.05, 4.69) is 10.0 Å². The molecule has 194 valence electrons. The van der Waals surface area contributed by atoms with Gasteiger partial charge in [0.2, 0.25) is 10.0 Å². The fourth-order valence-corrected chi connectivity index (χ4v) is 5.40. The second-order valence-electron chi connectivity index (χ2n) is 8.98. The molecular weight excluding hydrogens is 492 g/mol. The van der Waals surface area contributed by atoms with E-state index in [1.807, 2.05) is 55.5 Å². The Bertz CT molecular complexity index is 1350. The molecule has 1 saturated heterocycles. The summed E-state index contributed by atoms with van der Waals surface area (Å²) in [7, 11) is -2.45. The summed E-state index contributed by atoms with van der Waals surface area (Å²) in [6.07, 6.45) is 1.37. The number of carbonyl (C=O) groups excluding carboxylic acids is 2. The molecule has 9 heteroatoms. The Labute approximate surface area is 217 Å². The van der Waals surface area contributed by atoms with Crippen molar-refractivity contribution in [1.82, 2.24) is 10.0 Å². The van der Waals surface area contributed by atoms with Crippen LogP contribution in [0, 0.1) is 6.92 Å². The zero-order valence-corrected chi connectivity index (χ0v) is 21.6. The van der Waals surface area contributed by atoms with Crippen LogP contribution < -0.4 is 14.8 Å². The molecule has 4 rings (SSSR count). The van der Waals surface area contributed by atoms with Crippen molar-refractivity contribution in [2.75, 3.05) is 13.7 Å². The SMILES string of the molecule is COc1ccccc1-c1ccc(C[C@H](NS(=O)(=O)c2ccc(C)cc2)C(=O)OC(=O)[C@@H]2CCCN2)cc1. The van der Waals surface area contributed by atoms with Gasteiger partial charge in [0, 0.05) is 5.56 Å². The number of hydrogen-bond acceptors (Lipinski definition) is 7. The quantitative estimate of drug-likeness (QED) is 0.327. The molecule has 1 aliphatic rings. The number of ether oxygens (including phenoxy) is 2. The third-order valence-corrected chi connectivity index (χ3v) is 7.76. The van der Waals surface area contributed by atoms with E-state index in [1.165, 1.54) is 12.1 Å². The van der Waals surface area contributed by atoms with Gasteiger partial charge in [-0.05, 0) is 62.1 Å². The summed E-state index contributed by atoms with van der Waals surface area (Å²) < 4.78 is 39.1. The van der Waals surface area contributed by atoms with Crippen LogP contribution in [0.25, 0.3) is 11.1 Å². The summed E-state index contributed by atoms with van der Waals surface area (Å²) in [5.41, 5.74) is 3.41. The standard InChI is InChI=1S/C28H30N2O6S/c1-19-9-15-22(16-10-19)37(33,34)30-25(28(32)36-27(31)24-7-5-17-29-24)18-20-11-13-21(14-12-20)23-6-3-4-8-26(23)35-2/h3-4,6,8-16,24-25,29-30H,5,7,17-18H2,1-2H3/t24-,25-/m0/s1. The lowest BCUT2D eigenvalue weighted by molar-refractivity contribution is -0.162. The van der Waals surface area contributed by atoms with Gasteiger partial charge in [-0.15, -0.1) is 0 Å². The highest BCUT2D eigenvalue weighted by Gasteiger charge is 2.32. The van der Waals surface area contributed by atoms with Crippen LogP contribution >= 0.6 is 0 Å². The maximum atomic E-state index is 13.1. The van der Waals surface area contributed by atoms with Crippen molar-refractivity contribution in [3.05, 3.63) is 83.9 Å². The number of sulfonamides is 1. The molecule has 1 heterocycles. The molecule has 0 saturated carbocycles. The highest BCUT2D eigenvalue weighted by atomic mass is 32.2. The van der Waals surface area contributed by atoms with Gasteiger partial charge in [0.15, 0.2) is 0 Å². The van der Waals surface area contributed by atoms with Crippen molar-refractivity contribution in [3.8, 4) is 16.9 Å². The van der Waals surface area contributed by atoms with E-state index in [9.17, 15) is 18.0 Å². The molecule has 0 spiro atoms. The second-order valence-corrected chi connectivity index (χ2v) is 10.7. The molecule has 2 N–H and O–H groups in total. The molecule has 1 fully saturated rings. The minimum Gasteiger partial charge on any atom is -0.496 e. The van der Waals surface area contributed by atoms with E-state index in [4.69, 9.17) is 9.47 Å². The average Bonchev–Trinajstić information content (AvgIpc) is 3.44. The summed E-state index contributed by atoms with van der Waals surface area (Å²) >= 11 is 0. The van der Waals surface area contributed by atoms with Gasteiger partial charge in [-0.3, -0.25) is 0 Å². The predicted molar refractivity (Wildman–Crippen MR) is 140 cm³/mol. The lowest BCUT2D eigenvalue weighted by Crippen LogP contribution is -2.45. The van der Waals surface area contributed by atoms with Crippen LogP contribution in [-0.2, 0) is 30.8 Å². The minimum atomic E-state index is -4.05. The maximum absolute atomic E-state index is 13.1. The van der Waals surface area contributed by atoms with Gasteiger partial charge in [-0.1, -0.05) is 60.2 Å². The first-order chi connectivity index (χ1) is 17.8. The molecule has 8 nitrogen and oxygen atoms in total. The Morgan fingerprint density at radius 1 is 1.03 bits per heavy atom. The number of aryl methyl sites for hydroxylation is 1. The number of esters is 2. The van der Waals surface area contributed by atoms with Crippen LogP contribution in [0.2, 0.25) is 0 Å². The molecular formula is C28H30N2O6S. The van der Waals surface area contributed by atoms with E-state index in [-0.39, 0.29) is 11.3 Å². The molecule has 37 heavy (non-hydrogen) atoms. The third kappa shape index (κ3) is 6.62. The average molecular weight is 523 g/mol. The first kappa shape index (κ1) is 26.5. The van der Waals surface area contributed by atoms with E-state index in [1.54, 1.807) is 19.2 Å². The molecule has 0 unspecified atom stereocenters. The molecule has 0 amide bonds. The van der Waals surface area contributed by atoms with E-state index in [0.29, 0.717) is 18.5 Å². The minimum absolute atomic E-state index is 0.00149. The number of hydrogen-bond donors (Lipinski definition) is 2. The topological polar surface area (TPSA) is 111 Å². The molecule has 0 aliphatic carbocycles. The fraction of sp³-hybridized carbons (Fsp3) is 0.286. The molecule has 0 radical (unpaired) electrons. The van der Waals surface area contributed by atoms with Crippen molar-refractivity contribution in [2.24, 2.45) is 0 Å². The Morgan fingerprint density at radius 2 is 1.73 bits per heavy atom. The van der Waals surface area contributed by atoms with Crippen LogP contribution in [0.5, 0.6) is 5.75 Å². The Hall–Kier alpha value is -3.53. The van der Waals surface area contributed by atoms with Gasteiger partial charge >= 0.3 is 11.9 Å². The highest BCUT2D eigenvalue weighted by Crippen LogP contribution is 2.29. The first-order valence-electron chi connectivity index (χ1n) is 12.1. The summed E-state index contributed by atoms with van der Waals surface area (Å²) in [5.74, 6) is -0.918. The molecule has 0 aromatic heterocycles. The van der Waals surface area contributed by atoms with E-state index in [0.717, 1.165) is 28.9 Å². The van der Waals surface area contributed by atoms with Gasteiger partial charge < -0.3 is 14.8 Å². The first-order valence-corrected chi connectivity index (χ1v) is 13.6. The summed E-state index contributed by atoms with van der Waals surface area (Å²) in [4.78, 5) is 25.5. The number of rotatable bonds is 9. The number of para-hydroxylation sites is 1. The Morgan fingerprint density at radius 3 is 2.38 bits per heavy atom. The zero-order chi connectivity index (χ0) is 26.4. The fourth-order valence-electron chi connectivity index (χ4n) is 4.21. The van der Waals surface area contributed by atoms with Gasteiger partial charge in [-0.2, -0.15) is 4.72 Å². The van der Waals surface area contributed by atoms with Crippen molar-refractivity contribution in [2.45, 2.75) is 43.2 Å². The summed E-state index contributed by atoms with van der Waals surface area (Å²) in [6.45, 7) is 2.51. The smallest absolute Gasteiger partial charge is 0.332 e. The zero-order valence-electron chi connectivity index (χ0n) is 20.8. The molecule has 1 aliphatic heterocycles. The highest BCUT2D eigenvalue weighted by molar-refractivity contribution is 7.89. The molecule has 0 bridgehead atoms. The maximum Gasteiger partial charge on any atom is 0.332 e. The lowest BCUT2D eigenvalue weighted by atomic mass is 10.0. The Balaban J connectivity index is 1.56. The van der Waals surface area contributed by atoms with Crippen molar-refractivity contribution >= 4 is 22.0 Å². The van der Waals surface area contributed by atoms with Crippen molar-refractivity contribution < 1.29 is 27.5 Å². The van der Waals surface area contributed by atoms with Gasteiger partial charge in [0.1, 0.15) is 17.8 Å². The van der Waals surface area contributed by atoms with Crippen molar-refractivity contribution in [3.63, 3.8) is 0 Å². The van der Waals surface area contributed by atoms with Gasteiger partial charge in [0.05, 0.1) is 12.0 Å². The van der Waals surface area contributed by atoms with E-state index < -0.39 is 34.0 Å². The lowest BCUT2D eigenvalue weighted by Gasteiger charge is -2.19. The van der Waals surface area contributed by atoms with Crippen LogP contribution in [-0.4, -0.2) is 46.1 Å². The number of carbonyl (C=O) groups is 2. The normalized spacial score (nSPS) is 16.2. The summed E-state index contributed by atoms with van der Waals surface area (Å²) in [6, 6.07) is 19.4. The number of benzene rings is 3. The van der Waals surface area contributed by atoms with Gasteiger partial charge in [0.25, 0.3) is 0 Å². The largest absolute Gasteiger partial charge is 0.496 e. The summed E-state index contributed by atoms with van der Waals surface area (Å²) in [5, 5.41) is 2.99. The third-order valence-electron chi connectivity index (χ3n) is 6.27. The monoisotopic (exact) mass is 522 g/mol. The molecule has 3 aromatic rings. The molecule has 3 aromatic carbocycles. The number of nitrogens with one attached hydrogen (secondary N) is 2. The molecule has 2 atom stereocenters. The van der Waals surface area contributed by atoms with Crippen LogP contribution in [0.1, 0.15) is 24.0 Å².